The summed E-state index contributed by atoms with van der Waals surface area (Å²) in [6.45, 7) is 0.367. The summed E-state index contributed by atoms with van der Waals surface area (Å²) in [5, 5.41) is 9.24. The Kier molecular flexibility index (Phi) is 3.35. The molecular weight excluding hydrogens is 230 g/mol. The minimum atomic E-state index is -0.808. The van der Waals surface area contributed by atoms with Crippen LogP contribution >= 0.6 is 12.1 Å². The van der Waals surface area contributed by atoms with Gasteiger partial charge in [-0.25, -0.2) is 0 Å². The molecule has 0 aromatic heterocycles. The Morgan fingerprint density at radius 2 is 2.12 bits per heavy atom. The van der Waals surface area contributed by atoms with Crippen molar-refractivity contribution in [2.75, 3.05) is 6.54 Å². The monoisotopic (exact) mass is 243 g/mol. The molecule has 16 heavy (non-hydrogen) atoms. The van der Waals surface area contributed by atoms with Crippen molar-refractivity contribution in [1.82, 2.24) is 14.3 Å². The molecule has 0 saturated carbocycles. The third-order valence-electron chi connectivity index (χ3n) is 2.50. The standard InChI is InChI=1S/C9H13N3O3S/c13-7-3-8(14)12(9(15)4-7)2-1-6-5-10-16-11-6/h5,7,10-11,13H,1-4H2. The van der Waals surface area contributed by atoms with Crippen molar-refractivity contribution in [1.29, 1.82) is 0 Å². The number of imide groups is 1. The molecule has 1 saturated heterocycles. The lowest BCUT2D eigenvalue weighted by atomic mass is 10.1. The molecule has 2 heterocycles. The summed E-state index contributed by atoms with van der Waals surface area (Å²) in [6, 6.07) is 0. The fourth-order valence-corrected chi connectivity index (χ4v) is 2.22. The topological polar surface area (TPSA) is 81.7 Å². The van der Waals surface area contributed by atoms with Crippen LogP contribution in [0.5, 0.6) is 0 Å². The molecule has 0 atom stereocenters. The highest BCUT2D eigenvalue weighted by atomic mass is 32.2. The predicted octanol–water partition coefficient (Wildman–Crippen LogP) is -0.516. The normalized spacial score (nSPS) is 21.8. The third kappa shape index (κ3) is 2.48. The maximum absolute atomic E-state index is 11.5. The molecule has 6 nitrogen and oxygen atoms in total. The summed E-state index contributed by atoms with van der Waals surface area (Å²) in [6.07, 6.45) is 1.69. The van der Waals surface area contributed by atoms with E-state index in [1.807, 2.05) is 0 Å². The molecule has 7 heteroatoms. The molecule has 2 rings (SSSR count). The minimum Gasteiger partial charge on any atom is -0.392 e. The van der Waals surface area contributed by atoms with Gasteiger partial charge in [-0.05, 0) is 0 Å². The van der Waals surface area contributed by atoms with Gasteiger partial charge in [0.05, 0.1) is 31.1 Å². The molecule has 2 amide bonds. The van der Waals surface area contributed by atoms with Gasteiger partial charge in [-0.3, -0.25) is 14.5 Å². The summed E-state index contributed by atoms with van der Waals surface area (Å²) in [5.74, 6) is -0.578. The van der Waals surface area contributed by atoms with Crippen molar-refractivity contribution >= 4 is 23.9 Å². The molecule has 1 fully saturated rings. The first kappa shape index (κ1) is 11.3. The largest absolute Gasteiger partial charge is 0.392 e. The van der Waals surface area contributed by atoms with Gasteiger partial charge >= 0.3 is 0 Å². The van der Waals surface area contributed by atoms with E-state index in [0.717, 1.165) is 5.70 Å². The first-order chi connectivity index (χ1) is 7.66. The molecular formula is C9H13N3O3S. The molecule has 0 bridgehead atoms. The Morgan fingerprint density at radius 3 is 2.69 bits per heavy atom. The maximum Gasteiger partial charge on any atom is 0.231 e. The lowest BCUT2D eigenvalue weighted by molar-refractivity contribution is -0.152. The van der Waals surface area contributed by atoms with Crippen LogP contribution in [0, 0.1) is 0 Å². The summed E-state index contributed by atoms with van der Waals surface area (Å²) < 4.78 is 5.91. The maximum atomic E-state index is 11.5. The summed E-state index contributed by atoms with van der Waals surface area (Å²) in [5.41, 5.74) is 0.955. The van der Waals surface area contributed by atoms with Gasteiger partial charge in [-0.2, -0.15) is 0 Å². The number of amides is 2. The van der Waals surface area contributed by atoms with E-state index in [2.05, 4.69) is 9.44 Å². The van der Waals surface area contributed by atoms with Gasteiger partial charge in [0.15, 0.2) is 0 Å². The average molecular weight is 243 g/mol. The van der Waals surface area contributed by atoms with Gasteiger partial charge in [0.1, 0.15) is 0 Å². The first-order valence-corrected chi connectivity index (χ1v) is 5.86. The zero-order valence-electron chi connectivity index (χ0n) is 8.60. The number of nitrogens with one attached hydrogen (secondary N) is 2. The summed E-state index contributed by atoms with van der Waals surface area (Å²) >= 11 is 1.35. The highest BCUT2D eigenvalue weighted by Crippen LogP contribution is 2.15. The van der Waals surface area contributed by atoms with Gasteiger partial charge < -0.3 is 14.6 Å². The van der Waals surface area contributed by atoms with E-state index in [9.17, 15) is 14.7 Å². The van der Waals surface area contributed by atoms with Crippen molar-refractivity contribution < 1.29 is 14.7 Å². The van der Waals surface area contributed by atoms with Crippen LogP contribution in [0.4, 0.5) is 0 Å². The van der Waals surface area contributed by atoms with Gasteiger partial charge in [0.2, 0.25) is 11.8 Å². The second kappa shape index (κ2) is 4.75. The SMILES string of the molecule is O=C1CC(O)CC(=O)N1CCC1=CNSN1. The molecule has 3 N–H and O–H groups in total. The highest BCUT2D eigenvalue weighted by Gasteiger charge is 2.31. The summed E-state index contributed by atoms with van der Waals surface area (Å²) in [4.78, 5) is 24.2. The number of aliphatic hydroxyl groups is 1. The number of carbonyl (C=O) groups is 2. The quantitative estimate of drug-likeness (QED) is 0.457. The van der Waals surface area contributed by atoms with E-state index in [1.165, 1.54) is 17.0 Å². The van der Waals surface area contributed by atoms with E-state index in [1.54, 1.807) is 6.20 Å². The molecule has 2 aliphatic rings. The lowest BCUT2D eigenvalue weighted by Gasteiger charge is -2.27. The van der Waals surface area contributed by atoms with Crippen molar-refractivity contribution in [3.05, 3.63) is 11.9 Å². The Balaban J connectivity index is 1.88. The zero-order valence-corrected chi connectivity index (χ0v) is 9.42. The Hall–Kier alpha value is -1.21. The van der Waals surface area contributed by atoms with Crippen LogP contribution < -0.4 is 9.44 Å². The Labute approximate surface area is 97.3 Å². The van der Waals surface area contributed by atoms with E-state index in [4.69, 9.17) is 0 Å². The molecule has 0 spiro atoms. The van der Waals surface area contributed by atoms with Gasteiger partial charge in [-0.15, -0.1) is 0 Å². The predicted molar refractivity (Wildman–Crippen MR) is 58.5 cm³/mol. The van der Waals surface area contributed by atoms with E-state index >= 15 is 0 Å². The number of piperidine rings is 1. The number of rotatable bonds is 3. The van der Waals surface area contributed by atoms with Crippen molar-refractivity contribution in [3.63, 3.8) is 0 Å². The molecule has 2 aliphatic heterocycles. The van der Waals surface area contributed by atoms with Crippen LogP contribution in [0.15, 0.2) is 11.9 Å². The van der Waals surface area contributed by atoms with Gasteiger partial charge in [0.25, 0.3) is 0 Å². The second-order valence-electron chi connectivity index (χ2n) is 3.74. The third-order valence-corrected chi connectivity index (χ3v) is 3.10. The van der Waals surface area contributed by atoms with Crippen molar-refractivity contribution in [2.45, 2.75) is 25.4 Å². The number of carbonyl (C=O) groups excluding carboxylic acids is 2. The van der Waals surface area contributed by atoms with Crippen LogP contribution in [0.3, 0.4) is 0 Å². The number of aliphatic hydroxyl groups excluding tert-OH is 1. The molecule has 0 aromatic carbocycles. The van der Waals surface area contributed by atoms with Crippen molar-refractivity contribution in [2.24, 2.45) is 0 Å². The Bertz CT molecular complexity index is 327. The van der Waals surface area contributed by atoms with E-state index in [-0.39, 0.29) is 24.7 Å². The van der Waals surface area contributed by atoms with Crippen molar-refractivity contribution in [3.8, 4) is 0 Å². The van der Waals surface area contributed by atoms with Crippen LogP contribution in [-0.2, 0) is 9.59 Å². The minimum absolute atomic E-state index is 0.0468. The van der Waals surface area contributed by atoms with Crippen LogP contribution in [-0.4, -0.2) is 34.5 Å². The van der Waals surface area contributed by atoms with Crippen LogP contribution in [0.25, 0.3) is 0 Å². The Morgan fingerprint density at radius 1 is 1.44 bits per heavy atom. The average Bonchev–Trinajstić information content (AvgIpc) is 2.68. The van der Waals surface area contributed by atoms with Crippen LogP contribution in [0.2, 0.25) is 0 Å². The van der Waals surface area contributed by atoms with Gasteiger partial charge in [-0.1, -0.05) is 0 Å². The smallest absolute Gasteiger partial charge is 0.231 e. The molecule has 0 unspecified atom stereocenters. The molecule has 0 aromatic rings. The highest BCUT2D eigenvalue weighted by molar-refractivity contribution is 7.95. The fourth-order valence-electron chi connectivity index (χ4n) is 1.66. The van der Waals surface area contributed by atoms with Gasteiger partial charge in [0, 0.05) is 24.9 Å². The lowest BCUT2D eigenvalue weighted by Crippen LogP contribution is -2.45. The number of hydrogen-bond acceptors (Lipinski definition) is 6. The first-order valence-electron chi connectivity index (χ1n) is 5.04. The summed E-state index contributed by atoms with van der Waals surface area (Å²) in [7, 11) is 0. The second-order valence-corrected chi connectivity index (χ2v) is 4.39. The molecule has 0 aliphatic carbocycles. The fraction of sp³-hybridized carbons (Fsp3) is 0.556. The number of hydrogen-bond donors (Lipinski definition) is 3. The number of nitrogens with zero attached hydrogens (tertiary/aromatic N) is 1. The van der Waals surface area contributed by atoms with E-state index in [0.29, 0.717) is 13.0 Å². The molecule has 88 valence electrons. The zero-order chi connectivity index (χ0) is 11.5. The molecule has 0 radical (unpaired) electrons. The number of likely N-dealkylation sites (tertiary alicyclic amines) is 1. The van der Waals surface area contributed by atoms with Crippen LogP contribution in [0.1, 0.15) is 19.3 Å². The van der Waals surface area contributed by atoms with E-state index < -0.39 is 6.10 Å².